The summed E-state index contributed by atoms with van der Waals surface area (Å²) in [4.78, 5) is 12.1. The number of amides is 1. The van der Waals surface area contributed by atoms with Gasteiger partial charge in [-0.25, -0.2) is 0 Å². The van der Waals surface area contributed by atoms with Crippen LogP contribution in [0, 0.1) is 12.8 Å². The first-order valence-electron chi connectivity index (χ1n) is 7.75. The smallest absolute Gasteiger partial charge is 0.238 e. The Hall–Kier alpha value is -1.39. The monoisotopic (exact) mass is 290 g/mol. The largest absolute Gasteiger partial charge is 0.394 e. The van der Waals surface area contributed by atoms with E-state index in [0.717, 1.165) is 30.5 Å². The van der Waals surface area contributed by atoms with Gasteiger partial charge >= 0.3 is 0 Å². The third-order valence-electron chi connectivity index (χ3n) is 4.32. The van der Waals surface area contributed by atoms with Gasteiger partial charge < -0.3 is 15.7 Å². The summed E-state index contributed by atoms with van der Waals surface area (Å²) >= 11 is 0. The van der Waals surface area contributed by atoms with Gasteiger partial charge in [-0.1, -0.05) is 31.9 Å². The molecule has 1 fully saturated rings. The average molecular weight is 290 g/mol. The van der Waals surface area contributed by atoms with E-state index in [-0.39, 0.29) is 24.6 Å². The number of aryl methyl sites for hydroxylation is 1. The molecule has 0 bridgehead atoms. The van der Waals surface area contributed by atoms with Gasteiger partial charge in [0.15, 0.2) is 0 Å². The van der Waals surface area contributed by atoms with Crippen molar-refractivity contribution < 1.29 is 9.90 Å². The topological polar surface area (TPSA) is 61.4 Å². The molecule has 0 heterocycles. The van der Waals surface area contributed by atoms with E-state index in [1.807, 2.05) is 31.2 Å². The molecular formula is C17H26N2O2. The van der Waals surface area contributed by atoms with Crippen LogP contribution in [0.2, 0.25) is 0 Å². The predicted molar refractivity (Wildman–Crippen MR) is 85.3 cm³/mol. The highest BCUT2D eigenvalue weighted by molar-refractivity contribution is 5.92. The lowest BCUT2D eigenvalue weighted by atomic mass is 9.77. The van der Waals surface area contributed by atoms with Crippen LogP contribution in [0.1, 0.15) is 38.2 Å². The van der Waals surface area contributed by atoms with Gasteiger partial charge in [-0.05, 0) is 43.4 Å². The molecule has 0 spiro atoms. The van der Waals surface area contributed by atoms with Crippen molar-refractivity contribution in [1.82, 2.24) is 5.32 Å². The van der Waals surface area contributed by atoms with Crippen molar-refractivity contribution in [3.63, 3.8) is 0 Å². The SMILES string of the molecule is Cc1cccc(NC(=O)CNC2(CO)CCCC(C)C2)c1. The molecule has 4 nitrogen and oxygen atoms in total. The zero-order valence-electron chi connectivity index (χ0n) is 13.0. The minimum atomic E-state index is -0.290. The average Bonchev–Trinajstić information content (AvgIpc) is 2.45. The number of carbonyl (C=O) groups is 1. The first kappa shape index (κ1) is 16.0. The van der Waals surface area contributed by atoms with Crippen LogP contribution < -0.4 is 10.6 Å². The summed E-state index contributed by atoms with van der Waals surface area (Å²) in [5.74, 6) is 0.532. The van der Waals surface area contributed by atoms with Crippen LogP contribution in [0.5, 0.6) is 0 Å². The zero-order valence-corrected chi connectivity index (χ0v) is 13.0. The van der Waals surface area contributed by atoms with E-state index in [2.05, 4.69) is 17.6 Å². The Kier molecular flexibility index (Phi) is 5.37. The fraction of sp³-hybridized carbons (Fsp3) is 0.588. The van der Waals surface area contributed by atoms with Gasteiger partial charge in [-0.3, -0.25) is 4.79 Å². The van der Waals surface area contributed by atoms with Crippen molar-refractivity contribution in [3.8, 4) is 0 Å². The van der Waals surface area contributed by atoms with Crippen LogP contribution in [0.25, 0.3) is 0 Å². The van der Waals surface area contributed by atoms with E-state index >= 15 is 0 Å². The highest BCUT2D eigenvalue weighted by Gasteiger charge is 2.34. The summed E-state index contributed by atoms with van der Waals surface area (Å²) < 4.78 is 0. The number of carbonyl (C=O) groups excluding carboxylic acids is 1. The van der Waals surface area contributed by atoms with E-state index in [0.29, 0.717) is 5.92 Å². The highest BCUT2D eigenvalue weighted by Crippen LogP contribution is 2.31. The summed E-state index contributed by atoms with van der Waals surface area (Å²) in [6.45, 7) is 4.53. The molecule has 1 aromatic rings. The second kappa shape index (κ2) is 7.05. The third kappa shape index (κ3) is 4.55. The summed E-state index contributed by atoms with van der Waals surface area (Å²) in [6.07, 6.45) is 4.18. The maximum Gasteiger partial charge on any atom is 0.238 e. The third-order valence-corrected chi connectivity index (χ3v) is 4.32. The molecule has 0 aliphatic heterocycles. The lowest BCUT2D eigenvalue weighted by Crippen LogP contribution is -2.53. The van der Waals surface area contributed by atoms with Crippen molar-refractivity contribution in [2.75, 3.05) is 18.5 Å². The van der Waals surface area contributed by atoms with Crippen LogP contribution in [0.3, 0.4) is 0 Å². The number of hydrogen-bond donors (Lipinski definition) is 3. The maximum atomic E-state index is 12.1. The molecule has 1 saturated carbocycles. The van der Waals surface area contributed by atoms with E-state index in [1.165, 1.54) is 6.42 Å². The quantitative estimate of drug-likeness (QED) is 0.780. The summed E-state index contributed by atoms with van der Waals surface area (Å²) in [5.41, 5.74) is 1.65. The molecule has 2 unspecified atom stereocenters. The number of rotatable bonds is 5. The Morgan fingerprint density at radius 2 is 2.29 bits per heavy atom. The van der Waals surface area contributed by atoms with Crippen LogP contribution in [-0.4, -0.2) is 29.7 Å². The molecule has 0 radical (unpaired) electrons. The first-order chi connectivity index (χ1) is 10.0. The number of anilines is 1. The van der Waals surface area contributed by atoms with E-state index in [9.17, 15) is 9.90 Å². The minimum Gasteiger partial charge on any atom is -0.394 e. The fourth-order valence-corrected chi connectivity index (χ4v) is 3.22. The first-order valence-corrected chi connectivity index (χ1v) is 7.75. The fourth-order valence-electron chi connectivity index (χ4n) is 3.22. The molecule has 1 aliphatic carbocycles. The molecule has 21 heavy (non-hydrogen) atoms. The molecular weight excluding hydrogens is 264 g/mol. The number of aliphatic hydroxyl groups excluding tert-OH is 1. The summed E-state index contributed by atoms with van der Waals surface area (Å²) in [7, 11) is 0. The number of benzene rings is 1. The van der Waals surface area contributed by atoms with Gasteiger partial charge in [0.05, 0.1) is 13.2 Å². The van der Waals surface area contributed by atoms with Crippen molar-refractivity contribution in [3.05, 3.63) is 29.8 Å². The lowest BCUT2D eigenvalue weighted by molar-refractivity contribution is -0.116. The molecule has 0 aromatic heterocycles. The molecule has 3 N–H and O–H groups in total. The van der Waals surface area contributed by atoms with Crippen molar-refractivity contribution in [2.45, 2.75) is 45.1 Å². The molecule has 1 amide bonds. The molecule has 1 aliphatic rings. The van der Waals surface area contributed by atoms with E-state index in [4.69, 9.17) is 0 Å². The van der Waals surface area contributed by atoms with Gasteiger partial charge in [0.25, 0.3) is 0 Å². The highest BCUT2D eigenvalue weighted by atomic mass is 16.3. The van der Waals surface area contributed by atoms with Crippen molar-refractivity contribution in [2.24, 2.45) is 5.92 Å². The Balaban J connectivity index is 1.87. The van der Waals surface area contributed by atoms with Crippen LogP contribution >= 0.6 is 0 Å². The van der Waals surface area contributed by atoms with Crippen molar-refractivity contribution >= 4 is 11.6 Å². The maximum absolute atomic E-state index is 12.1. The number of aliphatic hydroxyl groups is 1. The van der Waals surface area contributed by atoms with E-state index in [1.54, 1.807) is 0 Å². The second-order valence-electron chi connectivity index (χ2n) is 6.41. The molecule has 2 atom stereocenters. The molecule has 4 heteroatoms. The Labute approximate surface area is 126 Å². The number of hydrogen-bond acceptors (Lipinski definition) is 3. The van der Waals surface area contributed by atoms with Crippen LogP contribution in [-0.2, 0) is 4.79 Å². The van der Waals surface area contributed by atoms with E-state index < -0.39 is 0 Å². The Morgan fingerprint density at radius 1 is 1.48 bits per heavy atom. The van der Waals surface area contributed by atoms with Gasteiger partial charge in [-0.2, -0.15) is 0 Å². The van der Waals surface area contributed by atoms with Crippen molar-refractivity contribution in [1.29, 1.82) is 0 Å². The van der Waals surface area contributed by atoms with Gasteiger partial charge in [0.1, 0.15) is 0 Å². The molecule has 2 rings (SSSR count). The number of nitrogens with one attached hydrogen (secondary N) is 2. The normalized spacial score (nSPS) is 25.6. The summed E-state index contributed by atoms with van der Waals surface area (Å²) in [5, 5.41) is 15.9. The standard InChI is InChI=1S/C17H26N2O2/c1-13-5-3-7-15(9-13)19-16(21)11-18-17(12-20)8-4-6-14(2)10-17/h3,5,7,9,14,18,20H,4,6,8,10-12H2,1-2H3,(H,19,21). The van der Waals surface area contributed by atoms with Gasteiger partial charge in [-0.15, -0.1) is 0 Å². The predicted octanol–water partition coefficient (Wildman–Crippen LogP) is 2.46. The Morgan fingerprint density at radius 3 is 2.95 bits per heavy atom. The minimum absolute atomic E-state index is 0.0633. The Bertz CT molecular complexity index is 489. The van der Waals surface area contributed by atoms with Crippen LogP contribution in [0.15, 0.2) is 24.3 Å². The zero-order chi connectivity index (χ0) is 15.3. The lowest BCUT2D eigenvalue weighted by Gasteiger charge is -2.39. The molecule has 1 aromatic carbocycles. The van der Waals surface area contributed by atoms with Gasteiger partial charge in [0, 0.05) is 11.2 Å². The van der Waals surface area contributed by atoms with Crippen LogP contribution in [0.4, 0.5) is 5.69 Å². The van der Waals surface area contributed by atoms with Gasteiger partial charge in [0.2, 0.25) is 5.91 Å². The molecule has 0 saturated heterocycles. The summed E-state index contributed by atoms with van der Waals surface area (Å²) in [6, 6.07) is 7.76. The second-order valence-corrected chi connectivity index (χ2v) is 6.41. The molecule has 116 valence electrons.